The van der Waals surface area contributed by atoms with Crippen molar-refractivity contribution < 1.29 is 17.9 Å². The highest BCUT2D eigenvalue weighted by Gasteiger charge is 2.27. The number of anilines is 2. The largest absolute Gasteiger partial charge is 0.381 e. The maximum Gasteiger partial charge on any atom is 0.243 e. The lowest BCUT2D eigenvalue weighted by molar-refractivity contribution is -0.117. The quantitative estimate of drug-likeness (QED) is 0.650. The third kappa shape index (κ3) is 5.71. The molecule has 0 saturated carbocycles. The fourth-order valence-electron chi connectivity index (χ4n) is 3.96. The van der Waals surface area contributed by atoms with Gasteiger partial charge in [-0.3, -0.25) is 4.79 Å². The Morgan fingerprint density at radius 3 is 2.34 bits per heavy atom. The Kier molecular flexibility index (Phi) is 7.91. The van der Waals surface area contributed by atoms with Crippen molar-refractivity contribution in [3.63, 3.8) is 0 Å². The topological polar surface area (TPSA) is 78.9 Å². The van der Waals surface area contributed by atoms with Crippen LogP contribution in [-0.4, -0.2) is 58.0 Å². The number of ether oxygens (including phenoxy) is 1. The second kappa shape index (κ2) is 10.4. The Bertz CT molecular complexity index is 785. The minimum atomic E-state index is -3.55. The summed E-state index contributed by atoms with van der Waals surface area (Å²) >= 11 is 0. The van der Waals surface area contributed by atoms with E-state index in [4.69, 9.17) is 4.74 Å². The molecule has 2 fully saturated rings. The van der Waals surface area contributed by atoms with E-state index in [9.17, 15) is 13.2 Å². The van der Waals surface area contributed by atoms with Crippen molar-refractivity contribution >= 4 is 27.3 Å². The first-order valence-electron chi connectivity index (χ1n) is 10.8. The normalized spacial score (nSPS) is 18.6. The van der Waals surface area contributed by atoms with Gasteiger partial charge >= 0.3 is 0 Å². The second-order valence-corrected chi connectivity index (χ2v) is 9.62. The highest BCUT2D eigenvalue weighted by Crippen LogP contribution is 2.32. The van der Waals surface area contributed by atoms with Crippen LogP contribution in [0.25, 0.3) is 0 Å². The van der Waals surface area contributed by atoms with Gasteiger partial charge in [0.05, 0.1) is 29.3 Å². The van der Waals surface area contributed by atoms with Crippen molar-refractivity contribution in [2.45, 2.75) is 56.8 Å². The number of hydrogen-bond donors (Lipinski definition) is 1. The maximum absolute atomic E-state index is 13.1. The molecule has 29 heavy (non-hydrogen) atoms. The van der Waals surface area contributed by atoms with E-state index in [1.807, 2.05) is 13.0 Å². The lowest BCUT2D eigenvalue weighted by Crippen LogP contribution is -2.36. The van der Waals surface area contributed by atoms with Crippen LogP contribution in [0.3, 0.4) is 0 Å². The van der Waals surface area contributed by atoms with Gasteiger partial charge in [0.1, 0.15) is 0 Å². The highest BCUT2D eigenvalue weighted by atomic mass is 32.2. The van der Waals surface area contributed by atoms with Gasteiger partial charge in [-0.05, 0) is 57.2 Å². The summed E-state index contributed by atoms with van der Waals surface area (Å²) < 4.78 is 33.0. The monoisotopic (exact) mass is 423 g/mol. The van der Waals surface area contributed by atoms with Crippen molar-refractivity contribution in [2.24, 2.45) is 0 Å². The molecular formula is C21H33N3O4S. The van der Waals surface area contributed by atoms with Crippen LogP contribution in [0.5, 0.6) is 0 Å². The molecule has 0 aromatic heterocycles. The molecule has 8 heteroatoms. The number of hydrogen-bond acceptors (Lipinski definition) is 5. The van der Waals surface area contributed by atoms with Gasteiger partial charge in [-0.15, -0.1) is 0 Å². The molecule has 0 bridgehead atoms. The molecule has 0 atom stereocenters. The summed E-state index contributed by atoms with van der Waals surface area (Å²) in [6.07, 6.45) is 6.51. The average molecular weight is 424 g/mol. The zero-order valence-electron chi connectivity index (χ0n) is 17.4. The van der Waals surface area contributed by atoms with E-state index in [2.05, 4.69) is 10.2 Å². The lowest BCUT2D eigenvalue weighted by Gasteiger charge is -2.31. The number of sulfonamides is 1. The molecule has 0 radical (unpaired) electrons. The minimum Gasteiger partial charge on any atom is -0.381 e. The van der Waals surface area contributed by atoms with Crippen LogP contribution in [0, 0.1) is 0 Å². The van der Waals surface area contributed by atoms with E-state index < -0.39 is 10.0 Å². The molecule has 7 nitrogen and oxygen atoms in total. The summed E-state index contributed by atoms with van der Waals surface area (Å²) in [6, 6.07) is 5.16. The van der Waals surface area contributed by atoms with E-state index in [-0.39, 0.29) is 17.2 Å². The van der Waals surface area contributed by atoms with E-state index in [0.717, 1.165) is 50.9 Å². The predicted molar refractivity (Wildman–Crippen MR) is 115 cm³/mol. The molecule has 162 valence electrons. The molecule has 2 saturated heterocycles. The number of carbonyl (C=O) groups is 1. The Labute approximate surface area is 174 Å². The van der Waals surface area contributed by atoms with Gasteiger partial charge in [0.2, 0.25) is 15.9 Å². The lowest BCUT2D eigenvalue weighted by atomic mass is 10.1. The third-order valence-corrected chi connectivity index (χ3v) is 7.46. The number of nitrogens with one attached hydrogen (secondary N) is 1. The first-order valence-corrected chi connectivity index (χ1v) is 12.2. The number of amides is 1. The molecule has 3 rings (SSSR count). The summed E-state index contributed by atoms with van der Waals surface area (Å²) in [5, 5.41) is 2.94. The molecular weight excluding hydrogens is 390 g/mol. The van der Waals surface area contributed by atoms with Gasteiger partial charge in [-0.25, -0.2) is 8.42 Å². The Morgan fingerprint density at radius 2 is 1.69 bits per heavy atom. The molecule has 1 aromatic rings. The molecule has 2 aliphatic heterocycles. The molecule has 1 amide bonds. The fourth-order valence-corrected chi connectivity index (χ4v) is 5.51. The van der Waals surface area contributed by atoms with Crippen LogP contribution in [0.1, 0.15) is 51.9 Å². The van der Waals surface area contributed by atoms with Crippen LogP contribution < -0.4 is 10.2 Å². The fraction of sp³-hybridized carbons (Fsp3) is 0.667. The van der Waals surface area contributed by atoms with Crippen LogP contribution in [-0.2, 0) is 19.6 Å². The summed E-state index contributed by atoms with van der Waals surface area (Å²) in [5.41, 5.74) is 1.47. The van der Waals surface area contributed by atoms with Gasteiger partial charge in [-0.2, -0.15) is 4.31 Å². The standard InChI is InChI=1S/C21H33N3O4S/c1-2-28-16-11-21(25)22-19-17-18(29(26,27)24-14-7-4-8-15-24)9-10-20(19)23-12-5-3-6-13-23/h9-10,17H,2-8,11-16H2,1H3,(H,22,25). The number of carbonyl (C=O) groups excluding carboxylic acids is 1. The van der Waals surface area contributed by atoms with Crippen molar-refractivity contribution in [1.82, 2.24) is 4.31 Å². The molecule has 2 heterocycles. The van der Waals surface area contributed by atoms with E-state index in [1.54, 1.807) is 16.4 Å². The summed E-state index contributed by atoms with van der Waals surface area (Å²) in [6.45, 7) is 5.77. The van der Waals surface area contributed by atoms with Crippen molar-refractivity contribution in [1.29, 1.82) is 0 Å². The molecule has 1 aromatic carbocycles. The van der Waals surface area contributed by atoms with Gasteiger partial charge in [0.15, 0.2) is 0 Å². The van der Waals surface area contributed by atoms with Crippen molar-refractivity contribution in [2.75, 3.05) is 49.6 Å². The van der Waals surface area contributed by atoms with E-state index >= 15 is 0 Å². The van der Waals surface area contributed by atoms with Crippen LogP contribution in [0.15, 0.2) is 23.1 Å². The smallest absolute Gasteiger partial charge is 0.243 e. The summed E-state index contributed by atoms with van der Waals surface area (Å²) in [4.78, 5) is 14.9. The molecule has 1 N–H and O–H groups in total. The van der Waals surface area contributed by atoms with Gasteiger partial charge in [-0.1, -0.05) is 6.42 Å². The van der Waals surface area contributed by atoms with Gasteiger partial charge < -0.3 is 15.0 Å². The third-order valence-electron chi connectivity index (χ3n) is 5.57. The molecule has 0 unspecified atom stereocenters. The van der Waals surface area contributed by atoms with Crippen LogP contribution in [0.4, 0.5) is 11.4 Å². The zero-order valence-corrected chi connectivity index (χ0v) is 18.2. The number of piperidine rings is 2. The van der Waals surface area contributed by atoms with E-state index in [1.165, 1.54) is 6.42 Å². The van der Waals surface area contributed by atoms with Gasteiger partial charge in [0, 0.05) is 32.8 Å². The molecule has 0 aliphatic carbocycles. The number of rotatable bonds is 8. The molecule has 0 spiro atoms. The summed E-state index contributed by atoms with van der Waals surface area (Å²) in [5.74, 6) is -0.163. The highest BCUT2D eigenvalue weighted by molar-refractivity contribution is 7.89. The Hall–Kier alpha value is -1.64. The van der Waals surface area contributed by atoms with Gasteiger partial charge in [0.25, 0.3) is 0 Å². The number of benzene rings is 1. The van der Waals surface area contributed by atoms with Crippen molar-refractivity contribution in [3.8, 4) is 0 Å². The van der Waals surface area contributed by atoms with Crippen LogP contribution >= 0.6 is 0 Å². The van der Waals surface area contributed by atoms with Crippen LogP contribution in [0.2, 0.25) is 0 Å². The first-order chi connectivity index (χ1) is 14.0. The summed E-state index contributed by atoms with van der Waals surface area (Å²) in [7, 11) is -3.55. The Balaban J connectivity index is 1.86. The molecule has 2 aliphatic rings. The first kappa shape index (κ1) is 22.1. The zero-order chi connectivity index (χ0) is 20.7. The SMILES string of the molecule is CCOCCC(=O)Nc1cc(S(=O)(=O)N2CCCCC2)ccc1N1CCCCC1. The predicted octanol–water partition coefficient (Wildman–Crippen LogP) is 3.22. The second-order valence-electron chi connectivity index (χ2n) is 7.69. The number of nitrogens with zero attached hydrogens (tertiary/aromatic N) is 2. The van der Waals surface area contributed by atoms with Crippen molar-refractivity contribution in [3.05, 3.63) is 18.2 Å². The average Bonchev–Trinajstić information content (AvgIpc) is 2.75. The minimum absolute atomic E-state index is 0.163. The maximum atomic E-state index is 13.1. The van der Waals surface area contributed by atoms with E-state index in [0.29, 0.717) is 32.0 Å². The Morgan fingerprint density at radius 1 is 1.03 bits per heavy atom.